The van der Waals surface area contributed by atoms with Gasteiger partial charge in [-0.3, -0.25) is 0 Å². The summed E-state index contributed by atoms with van der Waals surface area (Å²) in [6.07, 6.45) is 2.06. The molecule has 35 heavy (non-hydrogen) atoms. The first-order chi connectivity index (χ1) is 16.8. The van der Waals surface area contributed by atoms with Gasteiger partial charge < -0.3 is 19.2 Å². The van der Waals surface area contributed by atoms with Crippen molar-refractivity contribution in [1.29, 1.82) is 0 Å². The molecule has 0 bridgehead atoms. The van der Waals surface area contributed by atoms with Gasteiger partial charge in [0.25, 0.3) is 0 Å². The van der Waals surface area contributed by atoms with E-state index in [1.807, 2.05) is 44.2 Å². The second-order valence-electron chi connectivity index (χ2n) is 8.99. The third kappa shape index (κ3) is 6.04. The Kier molecular flexibility index (Phi) is 7.78. The predicted molar refractivity (Wildman–Crippen MR) is 134 cm³/mol. The van der Waals surface area contributed by atoms with Crippen LogP contribution in [0, 0.1) is 13.8 Å². The highest BCUT2D eigenvalue weighted by Crippen LogP contribution is 2.39. The van der Waals surface area contributed by atoms with Gasteiger partial charge >= 0.3 is 0 Å². The third-order valence-corrected chi connectivity index (χ3v) is 7.89. The van der Waals surface area contributed by atoms with Crippen molar-refractivity contribution in [1.82, 2.24) is 9.71 Å². The summed E-state index contributed by atoms with van der Waals surface area (Å²) in [7, 11) is -0.516. The van der Waals surface area contributed by atoms with Gasteiger partial charge in [0.15, 0.2) is 0 Å². The van der Waals surface area contributed by atoms with E-state index in [4.69, 9.17) is 13.9 Å². The Balaban J connectivity index is 1.50. The Bertz CT molecular complexity index is 1250. The number of ether oxygens (including phenoxy) is 2. The molecule has 3 aromatic rings. The molecule has 0 radical (unpaired) electrons. The maximum absolute atomic E-state index is 13.4. The minimum Gasteiger partial charge on any atom is -0.497 e. The molecule has 9 heteroatoms. The smallest absolute Gasteiger partial charge is 0.244 e. The number of pyridine rings is 1. The zero-order chi connectivity index (χ0) is 25.0. The lowest BCUT2D eigenvalue weighted by Gasteiger charge is -2.36. The Morgan fingerprint density at radius 2 is 1.91 bits per heavy atom. The lowest BCUT2D eigenvalue weighted by molar-refractivity contribution is 0.187. The standard InChI is InChI=1S/C26H33N3O5S/c1-17-8-11-25(26(27-17)28-23(12-13-32-3)24-10-9-18(2)34-24)35(30,31)29-21-14-20(15-21)19-6-5-7-22(16-19)33-4/h5-11,16,20-21,23,29H,12-15H2,1-4H3,(H,27,28). The largest absolute Gasteiger partial charge is 0.497 e. The van der Waals surface area contributed by atoms with E-state index in [0.717, 1.165) is 29.9 Å². The van der Waals surface area contributed by atoms with Crippen LogP contribution in [-0.4, -0.2) is 40.3 Å². The maximum Gasteiger partial charge on any atom is 0.244 e. The maximum atomic E-state index is 13.4. The van der Waals surface area contributed by atoms with Crippen LogP contribution in [0.4, 0.5) is 5.82 Å². The fourth-order valence-corrected chi connectivity index (χ4v) is 5.72. The molecule has 1 aromatic carbocycles. The summed E-state index contributed by atoms with van der Waals surface area (Å²) in [6, 6.07) is 14.6. The normalized spacial score (nSPS) is 18.6. The average molecular weight is 500 g/mol. The molecule has 2 aromatic heterocycles. The Morgan fingerprint density at radius 1 is 1.11 bits per heavy atom. The fourth-order valence-electron chi connectivity index (χ4n) is 4.36. The molecular formula is C26H33N3O5S. The zero-order valence-electron chi connectivity index (χ0n) is 20.6. The SMILES string of the molecule is COCCC(Nc1nc(C)ccc1S(=O)(=O)NC1CC(c2cccc(OC)c2)C1)c1ccc(C)o1. The van der Waals surface area contributed by atoms with Crippen LogP contribution in [-0.2, 0) is 14.8 Å². The van der Waals surface area contributed by atoms with Crippen molar-refractivity contribution in [3.63, 3.8) is 0 Å². The number of aromatic nitrogens is 1. The van der Waals surface area contributed by atoms with E-state index in [-0.39, 0.29) is 17.0 Å². The van der Waals surface area contributed by atoms with Crippen LogP contribution < -0.4 is 14.8 Å². The van der Waals surface area contributed by atoms with Gasteiger partial charge in [0.05, 0.1) is 13.2 Å². The van der Waals surface area contributed by atoms with Gasteiger partial charge in [-0.05, 0) is 81.0 Å². The highest BCUT2D eigenvalue weighted by molar-refractivity contribution is 7.89. The number of nitrogens with zero attached hydrogens (tertiary/aromatic N) is 1. The van der Waals surface area contributed by atoms with Gasteiger partial charge in [-0.15, -0.1) is 0 Å². The van der Waals surface area contributed by atoms with Gasteiger partial charge in [0.1, 0.15) is 28.0 Å². The molecule has 1 unspecified atom stereocenters. The number of aryl methyl sites for hydroxylation is 2. The fraction of sp³-hybridized carbons (Fsp3) is 0.423. The van der Waals surface area contributed by atoms with Gasteiger partial charge in [-0.1, -0.05) is 12.1 Å². The topological polar surface area (TPSA) is 103 Å². The van der Waals surface area contributed by atoms with Crippen molar-refractivity contribution in [2.24, 2.45) is 0 Å². The first-order valence-electron chi connectivity index (χ1n) is 11.7. The van der Waals surface area contributed by atoms with Crippen LogP contribution in [0.2, 0.25) is 0 Å². The number of benzene rings is 1. The number of rotatable bonds is 11. The highest BCUT2D eigenvalue weighted by atomic mass is 32.2. The number of sulfonamides is 1. The Hall–Kier alpha value is -2.88. The van der Waals surface area contributed by atoms with E-state index in [1.54, 1.807) is 26.4 Å². The number of methoxy groups -OCH3 is 2. The summed E-state index contributed by atoms with van der Waals surface area (Å²) < 4.78 is 46.0. The molecule has 1 saturated carbocycles. The third-order valence-electron chi connectivity index (χ3n) is 6.34. The van der Waals surface area contributed by atoms with Crippen LogP contribution in [0.1, 0.15) is 54.0 Å². The van der Waals surface area contributed by atoms with E-state index in [0.29, 0.717) is 36.2 Å². The summed E-state index contributed by atoms with van der Waals surface area (Å²) in [5.74, 6) is 2.90. The van der Waals surface area contributed by atoms with Crippen LogP contribution in [0.3, 0.4) is 0 Å². The average Bonchev–Trinajstić information content (AvgIpc) is 3.24. The first kappa shape index (κ1) is 25.2. The van der Waals surface area contributed by atoms with Crippen molar-refractivity contribution < 1.29 is 22.3 Å². The summed E-state index contributed by atoms with van der Waals surface area (Å²) in [4.78, 5) is 4.65. The predicted octanol–water partition coefficient (Wildman–Crippen LogP) is 4.71. The molecule has 0 spiro atoms. The number of anilines is 1. The van der Waals surface area contributed by atoms with E-state index in [9.17, 15) is 8.42 Å². The highest BCUT2D eigenvalue weighted by Gasteiger charge is 2.35. The molecular weight excluding hydrogens is 466 g/mol. The van der Waals surface area contributed by atoms with E-state index in [2.05, 4.69) is 21.1 Å². The first-order valence-corrected chi connectivity index (χ1v) is 13.2. The van der Waals surface area contributed by atoms with Gasteiger partial charge in [-0.25, -0.2) is 18.1 Å². The van der Waals surface area contributed by atoms with Crippen LogP contribution in [0.5, 0.6) is 5.75 Å². The second-order valence-corrected chi connectivity index (χ2v) is 10.7. The Labute approximate surface area is 207 Å². The number of hydrogen-bond donors (Lipinski definition) is 2. The molecule has 2 N–H and O–H groups in total. The summed E-state index contributed by atoms with van der Waals surface area (Å²) in [5, 5.41) is 3.30. The van der Waals surface area contributed by atoms with Crippen LogP contribution in [0.25, 0.3) is 0 Å². The van der Waals surface area contributed by atoms with Crippen molar-refractivity contribution in [3.8, 4) is 5.75 Å². The molecule has 2 heterocycles. The monoisotopic (exact) mass is 499 g/mol. The minimum absolute atomic E-state index is 0.124. The molecule has 188 valence electrons. The Morgan fingerprint density at radius 3 is 2.60 bits per heavy atom. The minimum atomic E-state index is -3.79. The molecule has 0 aliphatic heterocycles. The molecule has 8 nitrogen and oxygen atoms in total. The molecule has 1 fully saturated rings. The van der Waals surface area contributed by atoms with E-state index >= 15 is 0 Å². The molecule has 0 amide bonds. The molecule has 4 rings (SSSR count). The number of furan rings is 1. The molecule has 1 aliphatic rings. The number of nitrogens with one attached hydrogen (secondary N) is 2. The van der Waals surface area contributed by atoms with Gasteiger partial charge in [-0.2, -0.15) is 0 Å². The van der Waals surface area contributed by atoms with Crippen molar-refractivity contribution in [3.05, 3.63) is 71.3 Å². The van der Waals surface area contributed by atoms with Crippen molar-refractivity contribution in [2.45, 2.75) is 56.0 Å². The van der Waals surface area contributed by atoms with Crippen molar-refractivity contribution >= 4 is 15.8 Å². The zero-order valence-corrected chi connectivity index (χ0v) is 21.4. The summed E-state index contributed by atoms with van der Waals surface area (Å²) >= 11 is 0. The number of hydrogen-bond acceptors (Lipinski definition) is 7. The lowest BCUT2D eigenvalue weighted by atomic mass is 9.76. The van der Waals surface area contributed by atoms with E-state index < -0.39 is 10.0 Å². The van der Waals surface area contributed by atoms with E-state index in [1.165, 1.54) is 0 Å². The lowest BCUT2D eigenvalue weighted by Crippen LogP contribution is -2.43. The second kappa shape index (κ2) is 10.8. The van der Waals surface area contributed by atoms with Crippen LogP contribution in [0.15, 0.2) is 57.8 Å². The molecule has 1 atom stereocenters. The molecule has 0 saturated heterocycles. The molecule has 1 aliphatic carbocycles. The summed E-state index contributed by atoms with van der Waals surface area (Å²) in [5.41, 5.74) is 1.88. The van der Waals surface area contributed by atoms with Gasteiger partial charge in [0, 0.05) is 25.5 Å². The van der Waals surface area contributed by atoms with Gasteiger partial charge in [0.2, 0.25) is 10.0 Å². The van der Waals surface area contributed by atoms with Crippen LogP contribution >= 0.6 is 0 Å². The van der Waals surface area contributed by atoms with Crippen molar-refractivity contribution in [2.75, 3.05) is 26.1 Å². The quantitative estimate of drug-likeness (QED) is 0.394. The summed E-state index contributed by atoms with van der Waals surface area (Å²) in [6.45, 7) is 4.19.